The molecule has 4 nitrogen and oxygen atoms in total. The lowest BCUT2D eigenvalue weighted by Crippen LogP contribution is -2.44. The van der Waals surface area contributed by atoms with Gasteiger partial charge in [-0.2, -0.15) is 13.2 Å². The van der Waals surface area contributed by atoms with Gasteiger partial charge in [-0.05, 0) is 18.6 Å². The van der Waals surface area contributed by atoms with Gasteiger partial charge in [-0.15, -0.1) is 0 Å². The zero-order chi connectivity index (χ0) is 14.6. The number of benzene rings is 1. The van der Waals surface area contributed by atoms with Gasteiger partial charge in [-0.25, -0.2) is 0 Å². The Morgan fingerprint density at radius 3 is 2.37 bits per heavy atom. The van der Waals surface area contributed by atoms with Gasteiger partial charge in [0.05, 0.1) is 11.1 Å². The van der Waals surface area contributed by atoms with Gasteiger partial charge < -0.3 is 11.1 Å². The third kappa shape index (κ3) is 3.70. The second-order valence-electron chi connectivity index (χ2n) is 3.88. The van der Waals surface area contributed by atoms with Crippen molar-refractivity contribution in [3.63, 3.8) is 0 Å². The highest BCUT2D eigenvalue weighted by Gasteiger charge is 2.35. The van der Waals surface area contributed by atoms with Gasteiger partial charge >= 0.3 is 6.18 Å². The Kier molecular flexibility index (Phi) is 4.52. The molecule has 0 aliphatic heterocycles. The molecule has 1 aromatic carbocycles. The largest absolute Gasteiger partial charge is 0.417 e. The van der Waals surface area contributed by atoms with Crippen LogP contribution in [0.1, 0.15) is 29.3 Å². The SMILES string of the molecule is CC[C@@H](NC(=O)c1ccccc1C(F)(F)F)C(N)=O. The van der Waals surface area contributed by atoms with Gasteiger partial charge in [-0.1, -0.05) is 19.1 Å². The van der Waals surface area contributed by atoms with E-state index >= 15 is 0 Å². The number of alkyl halides is 3. The van der Waals surface area contributed by atoms with Crippen LogP contribution in [0.2, 0.25) is 0 Å². The molecular weight excluding hydrogens is 261 g/mol. The molecule has 19 heavy (non-hydrogen) atoms. The molecular formula is C12H13F3N2O2. The summed E-state index contributed by atoms with van der Waals surface area (Å²) in [4.78, 5) is 22.7. The number of rotatable bonds is 4. The Balaban J connectivity index is 3.04. The van der Waals surface area contributed by atoms with E-state index in [9.17, 15) is 22.8 Å². The summed E-state index contributed by atoms with van der Waals surface area (Å²) in [6, 6.07) is 3.36. The molecule has 0 unspecified atom stereocenters. The standard InChI is InChI=1S/C12H13F3N2O2/c1-2-9(10(16)18)17-11(19)7-5-3-4-6-8(7)12(13,14)15/h3-6,9H,2H2,1H3,(H2,16,18)(H,17,19)/t9-/m1/s1. The van der Waals surface area contributed by atoms with Crippen molar-refractivity contribution in [1.29, 1.82) is 0 Å². The number of nitrogens with two attached hydrogens (primary N) is 1. The van der Waals surface area contributed by atoms with Crippen LogP contribution in [-0.4, -0.2) is 17.9 Å². The number of hydrogen-bond donors (Lipinski definition) is 2. The predicted octanol–water partition coefficient (Wildman–Crippen LogP) is 1.70. The quantitative estimate of drug-likeness (QED) is 0.877. The zero-order valence-electron chi connectivity index (χ0n) is 10.1. The fourth-order valence-corrected chi connectivity index (χ4v) is 1.54. The first-order chi connectivity index (χ1) is 8.77. The predicted molar refractivity (Wildman–Crippen MR) is 62.2 cm³/mol. The van der Waals surface area contributed by atoms with Crippen LogP contribution in [0.25, 0.3) is 0 Å². The van der Waals surface area contributed by atoms with Crippen molar-refractivity contribution in [2.75, 3.05) is 0 Å². The maximum Gasteiger partial charge on any atom is 0.417 e. The van der Waals surface area contributed by atoms with Crippen molar-refractivity contribution >= 4 is 11.8 Å². The Morgan fingerprint density at radius 2 is 1.89 bits per heavy atom. The Morgan fingerprint density at radius 1 is 1.32 bits per heavy atom. The lowest BCUT2D eigenvalue weighted by atomic mass is 10.1. The highest BCUT2D eigenvalue weighted by Crippen LogP contribution is 2.31. The fourth-order valence-electron chi connectivity index (χ4n) is 1.54. The second kappa shape index (κ2) is 5.73. The van der Waals surface area contributed by atoms with Crippen molar-refractivity contribution in [2.45, 2.75) is 25.6 Å². The van der Waals surface area contributed by atoms with Crippen LogP contribution in [-0.2, 0) is 11.0 Å². The molecule has 7 heteroatoms. The number of nitrogens with one attached hydrogen (secondary N) is 1. The lowest BCUT2D eigenvalue weighted by Gasteiger charge is -2.16. The van der Waals surface area contributed by atoms with Crippen LogP contribution in [0, 0.1) is 0 Å². The Hall–Kier alpha value is -2.05. The molecule has 0 spiro atoms. The van der Waals surface area contributed by atoms with Gasteiger partial charge in [0.25, 0.3) is 5.91 Å². The third-order valence-corrected chi connectivity index (χ3v) is 2.53. The molecule has 1 atom stereocenters. The van der Waals surface area contributed by atoms with Crippen LogP contribution in [0.15, 0.2) is 24.3 Å². The summed E-state index contributed by atoms with van der Waals surface area (Å²) in [5.41, 5.74) is 3.44. The van der Waals surface area contributed by atoms with Gasteiger partial charge in [0.1, 0.15) is 6.04 Å². The van der Waals surface area contributed by atoms with Crippen LogP contribution in [0.4, 0.5) is 13.2 Å². The summed E-state index contributed by atoms with van der Waals surface area (Å²) in [5, 5.41) is 2.18. The summed E-state index contributed by atoms with van der Waals surface area (Å²) in [6.07, 6.45) is -4.43. The maximum atomic E-state index is 12.7. The summed E-state index contributed by atoms with van der Waals surface area (Å²) in [6.45, 7) is 1.59. The number of primary amides is 1. The van der Waals surface area contributed by atoms with Crippen LogP contribution < -0.4 is 11.1 Å². The van der Waals surface area contributed by atoms with Crippen molar-refractivity contribution in [3.8, 4) is 0 Å². The van der Waals surface area contributed by atoms with Crippen molar-refractivity contribution in [1.82, 2.24) is 5.32 Å². The fraction of sp³-hybridized carbons (Fsp3) is 0.333. The van der Waals surface area contributed by atoms with E-state index in [0.717, 1.165) is 12.1 Å². The average molecular weight is 274 g/mol. The first kappa shape index (κ1) is 15.0. The number of hydrogen-bond acceptors (Lipinski definition) is 2. The van der Waals surface area contributed by atoms with E-state index in [-0.39, 0.29) is 6.42 Å². The van der Waals surface area contributed by atoms with E-state index in [1.54, 1.807) is 6.92 Å². The van der Waals surface area contributed by atoms with E-state index in [1.165, 1.54) is 12.1 Å². The topological polar surface area (TPSA) is 72.2 Å². The molecule has 0 aromatic heterocycles. The molecule has 1 aromatic rings. The Labute approximate surface area is 107 Å². The normalized spacial score (nSPS) is 12.8. The third-order valence-electron chi connectivity index (χ3n) is 2.53. The number of carbonyl (C=O) groups excluding carboxylic acids is 2. The summed E-state index contributed by atoms with van der Waals surface area (Å²) >= 11 is 0. The lowest BCUT2D eigenvalue weighted by molar-refractivity contribution is -0.137. The minimum Gasteiger partial charge on any atom is -0.368 e. The second-order valence-corrected chi connectivity index (χ2v) is 3.88. The molecule has 0 radical (unpaired) electrons. The summed E-state index contributed by atoms with van der Waals surface area (Å²) < 4.78 is 38.1. The molecule has 0 bridgehead atoms. The van der Waals surface area contributed by atoms with Crippen molar-refractivity contribution in [3.05, 3.63) is 35.4 Å². The number of halogens is 3. The minimum atomic E-state index is -4.64. The molecule has 0 saturated carbocycles. The number of amides is 2. The monoisotopic (exact) mass is 274 g/mol. The Bertz CT molecular complexity index is 486. The minimum absolute atomic E-state index is 0.204. The van der Waals surface area contributed by atoms with E-state index in [0.29, 0.717) is 0 Å². The van der Waals surface area contributed by atoms with Crippen LogP contribution >= 0.6 is 0 Å². The van der Waals surface area contributed by atoms with Crippen molar-refractivity contribution in [2.24, 2.45) is 5.73 Å². The number of carbonyl (C=O) groups is 2. The first-order valence-electron chi connectivity index (χ1n) is 5.53. The van der Waals surface area contributed by atoms with Crippen molar-refractivity contribution < 1.29 is 22.8 Å². The molecule has 2 amide bonds. The molecule has 0 fully saturated rings. The van der Waals surface area contributed by atoms with Gasteiger partial charge in [0, 0.05) is 0 Å². The van der Waals surface area contributed by atoms with Gasteiger partial charge in [0.15, 0.2) is 0 Å². The molecule has 3 N–H and O–H groups in total. The average Bonchev–Trinajstić information content (AvgIpc) is 2.34. The first-order valence-corrected chi connectivity index (χ1v) is 5.53. The molecule has 104 valence electrons. The molecule has 1 rings (SSSR count). The molecule has 0 heterocycles. The molecule has 0 saturated heterocycles. The van der Waals surface area contributed by atoms with Crippen LogP contribution in [0.5, 0.6) is 0 Å². The van der Waals surface area contributed by atoms with Crippen LogP contribution in [0.3, 0.4) is 0 Å². The highest BCUT2D eigenvalue weighted by atomic mass is 19.4. The van der Waals surface area contributed by atoms with E-state index < -0.39 is 35.2 Å². The van der Waals surface area contributed by atoms with E-state index in [4.69, 9.17) is 5.73 Å². The van der Waals surface area contributed by atoms with E-state index in [2.05, 4.69) is 5.32 Å². The molecule has 0 aliphatic carbocycles. The zero-order valence-corrected chi connectivity index (χ0v) is 10.1. The highest BCUT2D eigenvalue weighted by molar-refractivity contribution is 5.98. The summed E-state index contributed by atoms with van der Waals surface area (Å²) in [5.74, 6) is -1.76. The maximum absolute atomic E-state index is 12.7. The van der Waals surface area contributed by atoms with Gasteiger partial charge in [-0.3, -0.25) is 9.59 Å². The smallest absolute Gasteiger partial charge is 0.368 e. The molecule has 0 aliphatic rings. The van der Waals surface area contributed by atoms with E-state index in [1.807, 2.05) is 0 Å². The summed E-state index contributed by atoms with van der Waals surface area (Å²) in [7, 11) is 0. The van der Waals surface area contributed by atoms with Gasteiger partial charge in [0.2, 0.25) is 5.91 Å².